The van der Waals surface area contributed by atoms with Gasteiger partial charge in [-0.3, -0.25) is 0 Å². The normalized spacial score (nSPS) is 12.0. The molecule has 0 saturated heterocycles. The number of nitrogens with one attached hydrogen (secondary N) is 1. The van der Waals surface area contributed by atoms with Crippen molar-refractivity contribution in [2.45, 2.75) is 12.3 Å². The van der Waals surface area contributed by atoms with Crippen molar-refractivity contribution in [1.29, 1.82) is 0 Å². The van der Waals surface area contributed by atoms with Crippen LogP contribution >= 0.6 is 27.5 Å². The van der Waals surface area contributed by atoms with Gasteiger partial charge < -0.3 is 10.1 Å². The van der Waals surface area contributed by atoms with E-state index in [1.54, 1.807) is 13.3 Å². The number of alkyl halides is 1. The topological polar surface area (TPSA) is 47.0 Å². The van der Waals surface area contributed by atoms with Crippen molar-refractivity contribution in [1.82, 2.24) is 9.97 Å². The van der Waals surface area contributed by atoms with Crippen LogP contribution in [0.2, 0.25) is 0 Å². The first-order valence-corrected chi connectivity index (χ1v) is 6.91. The molecule has 0 aliphatic rings. The monoisotopic (exact) mass is 341 g/mol. The van der Waals surface area contributed by atoms with Crippen LogP contribution in [0.5, 0.6) is 5.88 Å². The first-order chi connectivity index (χ1) is 9.11. The summed E-state index contributed by atoms with van der Waals surface area (Å²) in [7, 11) is 1.56. The van der Waals surface area contributed by atoms with Gasteiger partial charge in [0.05, 0.1) is 23.2 Å². The number of halogens is 2. The van der Waals surface area contributed by atoms with Gasteiger partial charge in [-0.2, -0.15) is 4.98 Å². The highest BCUT2D eigenvalue weighted by atomic mass is 79.9. The quantitative estimate of drug-likeness (QED) is 0.842. The van der Waals surface area contributed by atoms with Gasteiger partial charge in [0.2, 0.25) is 11.8 Å². The largest absolute Gasteiger partial charge is 0.480 e. The zero-order chi connectivity index (χ0) is 13.8. The summed E-state index contributed by atoms with van der Waals surface area (Å²) >= 11 is 9.46. The van der Waals surface area contributed by atoms with Crippen LogP contribution in [0.25, 0.3) is 0 Å². The number of aromatic nitrogens is 2. The Kier molecular flexibility index (Phi) is 4.61. The Hall–Kier alpha value is -1.33. The van der Waals surface area contributed by atoms with Crippen molar-refractivity contribution in [2.24, 2.45) is 0 Å². The Morgan fingerprint density at radius 2 is 2.11 bits per heavy atom. The number of rotatable bonds is 4. The van der Waals surface area contributed by atoms with Crippen molar-refractivity contribution in [3.05, 3.63) is 40.5 Å². The molecule has 1 atom stereocenters. The van der Waals surface area contributed by atoms with Gasteiger partial charge in [0, 0.05) is 5.69 Å². The molecular weight excluding hydrogens is 330 g/mol. The predicted octanol–water partition coefficient (Wildman–Crippen LogP) is 4.29. The first-order valence-electron chi connectivity index (χ1n) is 5.68. The number of methoxy groups -OCH3 is 1. The molecule has 1 aromatic heterocycles. The van der Waals surface area contributed by atoms with Crippen molar-refractivity contribution < 1.29 is 4.74 Å². The SMILES string of the molecule is COc1nc(Nc2ccccc2C(C)Cl)ncc1Br. The number of hydrogen-bond acceptors (Lipinski definition) is 4. The third-order valence-electron chi connectivity index (χ3n) is 2.54. The fraction of sp³-hybridized carbons (Fsp3) is 0.231. The molecule has 0 aliphatic carbocycles. The lowest BCUT2D eigenvalue weighted by molar-refractivity contribution is 0.394. The first kappa shape index (κ1) is 14.1. The molecular formula is C13H13BrClN3O. The molecule has 1 heterocycles. The van der Waals surface area contributed by atoms with E-state index < -0.39 is 0 Å². The molecule has 1 unspecified atom stereocenters. The van der Waals surface area contributed by atoms with E-state index in [4.69, 9.17) is 16.3 Å². The van der Waals surface area contributed by atoms with Crippen molar-refractivity contribution >= 4 is 39.2 Å². The molecule has 0 saturated carbocycles. The van der Waals surface area contributed by atoms with Crippen LogP contribution in [-0.2, 0) is 0 Å². The smallest absolute Gasteiger partial charge is 0.232 e. The lowest BCUT2D eigenvalue weighted by Crippen LogP contribution is -2.02. The summed E-state index contributed by atoms with van der Waals surface area (Å²) < 4.78 is 5.84. The molecule has 100 valence electrons. The van der Waals surface area contributed by atoms with Gasteiger partial charge >= 0.3 is 0 Å². The summed E-state index contributed by atoms with van der Waals surface area (Å²) in [6.07, 6.45) is 1.64. The zero-order valence-corrected chi connectivity index (χ0v) is 12.9. The molecule has 19 heavy (non-hydrogen) atoms. The van der Waals surface area contributed by atoms with Gasteiger partial charge in [0.15, 0.2) is 0 Å². The summed E-state index contributed by atoms with van der Waals surface area (Å²) in [5.41, 5.74) is 1.88. The van der Waals surface area contributed by atoms with Gasteiger partial charge in [0.1, 0.15) is 0 Å². The van der Waals surface area contributed by atoms with E-state index in [1.165, 1.54) is 0 Å². The van der Waals surface area contributed by atoms with Gasteiger partial charge in [-0.1, -0.05) is 18.2 Å². The lowest BCUT2D eigenvalue weighted by atomic mass is 10.1. The highest BCUT2D eigenvalue weighted by molar-refractivity contribution is 9.10. The fourth-order valence-electron chi connectivity index (χ4n) is 1.63. The van der Waals surface area contributed by atoms with Crippen molar-refractivity contribution in [3.8, 4) is 5.88 Å². The molecule has 0 fully saturated rings. The summed E-state index contributed by atoms with van der Waals surface area (Å²) in [6.45, 7) is 1.92. The highest BCUT2D eigenvalue weighted by Crippen LogP contribution is 2.29. The number of anilines is 2. The Morgan fingerprint density at radius 1 is 1.37 bits per heavy atom. The minimum atomic E-state index is -0.0963. The van der Waals surface area contributed by atoms with Crippen LogP contribution < -0.4 is 10.1 Å². The van der Waals surface area contributed by atoms with Crippen LogP contribution in [0, 0.1) is 0 Å². The summed E-state index contributed by atoms with van der Waals surface area (Å²) in [5.74, 6) is 0.943. The minimum Gasteiger partial charge on any atom is -0.480 e. The van der Waals surface area contributed by atoms with Gasteiger partial charge in [-0.05, 0) is 34.5 Å². The maximum atomic E-state index is 6.15. The molecule has 6 heteroatoms. The van der Waals surface area contributed by atoms with Crippen LogP contribution in [-0.4, -0.2) is 17.1 Å². The van der Waals surface area contributed by atoms with Gasteiger partial charge in [-0.25, -0.2) is 4.98 Å². The number of hydrogen-bond donors (Lipinski definition) is 1. The number of para-hydroxylation sites is 1. The molecule has 4 nitrogen and oxygen atoms in total. The summed E-state index contributed by atoms with van der Waals surface area (Å²) in [4.78, 5) is 8.44. The maximum absolute atomic E-state index is 6.15. The second kappa shape index (κ2) is 6.21. The molecule has 0 bridgehead atoms. The molecule has 1 aromatic carbocycles. The Bertz CT molecular complexity index is 578. The van der Waals surface area contributed by atoms with E-state index >= 15 is 0 Å². The van der Waals surface area contributed by atoms with E-state index in [0.29, 0.717) is 16.3 Å². The molecule has 0 spiro atoms. The Morgan fingerprint density at radius 3 is 2.79 bits per heavy atom. The molecule has 1 N–H and O–H groups in total. The molecule has 0 amide bonds. The van der Waals surface area contributed by atoms with Gasteiger partial charge in [0.25, 0.3) is 0 Å². The average Bonchev–Trinajstić information content (AvgIpc) is 2.41. The van der Waals surface area contributed by atoms with Crippen LogP contribution in [0.3, 0.4) is 0 Å². The fourth-order valence-corrected chi connectivity index (χ4v) is 2.18. The second-order valence-corrected chi connectivity index (χ2v) is 5.39. The number of benzene rings is 1. The van der Waals surface area contributed by atoms with E-state index in [1.807, 2.05) is 31.2 Å². The van der Waals surface area contributed by atoms with Crippen LogP contribution in [0.1, 0.15) is 17.9 Å². The lowest BCUT2D eigenvalue weighted by Gasteiger charge is -2.12. The highest BCUT2D eigenvalue weighted by Gasteiger charge is 2.10. The summed E-state index contributed by atoms with van der Waals surface area (Å²) in [5, 5.41) is 3.05. The van der Waals surface area contributed by atoms with Crippen LogP contribution in [0.15, 0.2) is 34.9 Å². The van der Waals surface area contributed by atoms with E-state index in [0.717, 1.165) is 11.3 Å². The average molecular weight is 343 g/mol. The molecule has 0 radical (unpaired) electrons. The minimum absolute atomic E-state index is 0.0963. The van der Waals surface area contributed by atoms with Crippen molar-refractivity contribution in [2.75, 3.05) is 12.4 Å². The molecule has 2 rings (SSSR count). The van der Waals surface area contributed by atoms with Gasteiger partial charge in [-0.15, -0.1) is 11.6 Å². The zero-order valence-electron chi connectivity index (χ0n) is 10.5. The second-order valence-electron chi connectivity index (χ2n) is 3.88. The third kappa shape index (κ3) is 3.36. The van der Waals surface area contributed by atoms with E-state index in [9.17, 15) is 0 Å². The molecule has 0 aliphatic heterocycles. The van der Waals surface area contributed by atoms with E-state index in [2.05, 4.69) is 31.2 Å². The molecule has 2 aromatic rings. The summed E-state index contributed by atoms with van der Waals surface area (Å²) in [6, 6.07) is 7.78. The van der Waals surface area contributed by atoms with E-state index in [-0.39, 0.29) is 5.38 Å². The maximum Gasteiger partial charge on any atom is 0.232 e. The number of nitrogens with zero attached hydrogens (tertiary/aromatic N) is 2. The Balaban J connectivity index is 2.31. The third-order valence-corrected chi connectivity index (χ3v) is 3.32. The Labute approximate surface area is 125 Å². The van der Waals surface area contributed by atoms with Crippen LogP contribution in [0.4, 0.5) is 11.6 Å². The van der Waals surface area contributed by atoms with Crippen molar-refractivity contribution in [3.63, 3.8) is 0 Å². The number of ether oxygens (including phenoxy) is 1. The predicted molar refractivity (Wildman–Crippen MR) is 80.3 cm³/mol. The standard InChI is InChI=1S/C13H13BrClN3O/c1-8(15)9-5-3-4-6-11(9)17-13-16-7-10(14)12(18-13)19-2/h3-8H,1-2H3,(H,16,17,18).